The van der Waals surface area contributed by atoms with Gasteiger partial charge < -0.3 is 25.5 Å². The number of aromatic amines is 1. The number of halogens is 1. The van der Waals surface area contributed by atoms with Gasteiger partial charge in [-0.25, -0.2) is 9.38 Å². The molecule has 1 aromatic carbocycles. The maximum Gasteiger partial charge on any atom is 0.305 e. The number of hydrogen-bond acceptors (Lipinski definition) is 5. The Morgan fingerprint density at radius 1 is 1.11 bits per heavy atom. The number of carboxylic acid groups (broad SMARTS) is 1. The quantitative estimate of drug-likeness (QED) is 0.341. The Morgan fingerprint density at radius 2 is 1.84 bits per heavy atom. The molecular formula is C29H43FN4O4. The predicted octanol–water partition coefficient (Wildman–Crippen LogP) is 5.87. The summed E-state index contributed by atoms with van der Waals surface area (Å²) < 4.78 is 17.1. The molecular weight excluding hydrogens is 487 g/mol. The molecule has 0 atom stereocenters. The van der Waals surface area contributed by atoms with E-state index in [0.29, 0.717) is 5.69 Å². The summed E-state index contributed by atoms with van der Waals surface area (Å²) in [6.07, 6.45) is 7.96. The van der Waals surface area contributed by atoms with Gasteiger partial charge in [-0.05, 0) is 67.9 Å². The highest BCUT2D eigenvalue weighted by molar-refractivity contribution is 5.93. The Bertz CT molecular complexity index is 1060. The predicted molar refractivity (Wildman–Crippen MR) is 150 cm³/mol. The Kier molecular flexibility index (Phi) is 15.9. The van der Waals surface area contributed by atoms with Gasteiger partial charge in [0, 0.05) is 25.0 Å². The molecule has 0 bridgehead atoms. The molecule has 0 spiro atoms. The second-order valence-electron chi connectivity index (χ2n) is 8.12. The summed E-state index contributed by atoms with van der Waals surface area (Å²) in [4.78, 5) is 30.1. The molecule has 4 N–H and O–H groups in total. The van der Waals surface area contributed by atoms with Crippen LogP contribution >= 0.6 is 0 Å². The number of nitrogens with one attached hydrogen (secondary N) is 3. The summed E-state index contributed by atoms with van der Waals surface area (Å²) in [6, 6.07) is 8.11. The standard InChI is InChI=1S/C18H24N4O3.C7H7FO.2C2H6/c23-16(24)7-9-20-18(25)15-10-12(11-21-15)3-5-14-6-4-13-2-1-8-19-17(13)22-14;1-9-7-5-3-2-4-6(7)8;2*1-2/h10-11,19,21H,1-9H2,(H,20,25)(H,23,24);2-5H,1H3;2*1-2H3. The number of aromatic nitrogens is 1. The van der Waals surface area contributed by atoms with Crippen LogP contribution in [0.25, 0.3) is 0 Å². The number of methoxy groups -OCH3 is 1. The van der Waals surface area contributed by atoms with Crippen LogP contribution in [0.1, 0.15) is 82.3 Å². The summed E-state index contributed by atoms with van der Waals surface area (Å²) in [6.45, 7) is 9.14. The molecule has 2 aliphatic heterocycles. The molecule has 0 unspecified atom stereocenters. The zero-order chi connectivity index (χ0) is 28.3. The molecule has 8 nitrogen and oxygen atoms in total. The van der Waals surface area contributed by atoms with Crippen LogP contribution in [-0.4, -0.2) is 47.9 Å². The number of hydrogen-bond donors (Lipinski definition) is 4. The van der Waals surface area contributed by atoms with Crippen LogP contribution in [0, 0.1) is 5.82 Å². The summed E-state index contributed by atoms with van der Waals surface area (Å²) >= 11 is 0. The van der Waals surface area contributed by atoms with Crippen molar-refractivity contribution in [1.29, 1.82) is 0 Å². The van der Waals surface area contributed by atoms with E-state index in [4.69, 9.17) is 10.1 Å². The fraction of sp³-hybridized carbons (Fsp3) is 0.483. The minimum absolute atomic E-state index is 0.0784. The summed E-state index contributed by atoms with van der Waals surface area (Å²) in [7, 11) is 1.44. The van der Waals surface area contributed by atoms with E-state index >= 15 is 0 Å². The minimum Gasteiger partial charge on any atom is -0.494 e. The second kappa shape index (κ2) is 18.6. The number of rotatable bonds is 8. The van der Waals surface area contributed by atoms with Gasteiger partial charge in [0.15, 0.2) is 11.6 Å². The summed E-state index contributed by atoms with van der Waals surface area (Å²) in [5, 5.41) is 14.6. The lowest BCUT2D eigenvalue weighted by Gasteiger charge is -2.24. The van der Waals surface area contributed by atoms with Gasteiger partial charge in [-0.1, -0.05) is 39.8 Å². The molecule has 210 valence electrons. The lowest BCUT2D eigenvalue weighted by atomic mass is 9.95. The van der Waals surface area contributed by atoms with Gasteiger partial charge in [-0.3, -0.25) is 9.59 Å². The molecule has 0 radical (unpaired) electrons. The number of para-hydroxylation sites is 1. The van der Waals surface area contributed by atoms with Crippen molar-refractivity contribution in [2.24, 2.45) is 4.99 Å². The number of amides is 1. The van der Waals surface area contributed by atoms with Crippen molar-refractivity contribution in [1.82, 2.24) is 15.6 Å². The lowest BCUT2D eigenvalue weighted by Crippen LogP contribution is -2.26. The van der Waals surface area contributed by atoms with E-state index in [1.165, 1.54) is 30.9 Å². The fourth-order valence-corrected chi connectivity index (χ4v) is 3.80. The zero-order valence-corrected chi connectivity index (χ0v) is 23.3. The highest BCUT2D eigenvalue weighted by Crippen LogP contribution is 2.26. The number of ether oxygens (including phenoxy) is 1. The number of aliphatic imine (C=N–C) groups is 1. The number of aliphatic carboxylic acids is 1. The Labute approximate surface area is 225 Å². The van der Waals surface area contributed by atoms with Crippen molar-refractivity contribution in [2.75, 3.05) is 20.2 Å². The van der Waals surface area contributed by atoms with E-state index in [2.05, 4.69) is 20.4 Å². The van der Waals surface area contributed by atoms with Crippen LogP contribution in [0.3, 0.4) is 0 Å². The van der Waals surface area contributed by atoms with Gasteiger partial charge in [0.05, 0.1) is 13.5 Å². The maximum absolute atomic E-state index is 12.5. The Hall–Kier alpha value is -3.62. The molecule has 2 aliphatic rings. The number of allylic oxidation sites excluding steroid dienone is 1. The van der Waals surface area contributed by atoms with Gasteiger partial charge in [-0.2, -0.15) is 0 Å². The fourth-order valence-electron chi connectivity index (χ4n) is 3.80. The number of aryl methyl sites for hydroxylation is 1. The third-order valence-electron chi connectivity index (χ3n) is 5.64. The van der Waals surface area contributed by atoms with E-state index in [1.54, 1.807) is 18.2 Å². The largest absolute Gasteiger partial charge is 0.494 e. The molecule has 2 aromatic rings. The number of carbonyl (C=O) groups is 2. The van der Waals surface area contributed by atoms with Crippen molar-refractivity contribution >= 4 is 17.6 Å². The van der Waals surface area contributed by atoms with Crippen molar-refractivity contribution < 1.29 is 23.8 Å². The minimum atomic E-state index is -0.925. The van der Waals surface area contributed by atoms with Crippen LogP contribution in [0.2, 0.25) is 0 Å². The normalized spacial score (nSPS) is 13.5. The zero-order valence-electron chi connectivity index (χ0n) is 23.3. The van der Waals surface area contributed by atoms with Crippen LogP contribution < -0.4 is 15.4 Å². The number of carbonyl (C=O) groups excluding carboxylic acids is 1. The van der Waals surface area contributed by atoms with E-state index in [-0.39, 0.29) is 30.4 Å². The van der Waals surface area contributed by atoms with E-state index in [0.717, 1.165) is 50.0 Å². The van der Waals surface area contributed by atoms with Crippen LogP contribution in [0.15, 0.2) is 52.9 Å². The summed E-state index contributed by atoms with van der Waals surface area (Å²) in [5.41, 5.74) is 4.19. The van der Waals surface area contributed by atoms with Gasteiger partial charge in [0.2, 0.25) is 0 Å². The van der Waals surface area contributed by atoms with Gasteiger partial charge >= 0.3 is 5.97 Å². The third-order valence-corrected chi connectivity index (χ3v) is 5.64. The lowest BCUT2D eigenvalue weighted by molar-refractivity contribution is -0.136. The first-order chi connectivity index (χ1) is 18.5. The van der Waals surface area contributed by atoms with Gasteiger partial charge in [0.25, 0.3) is 5.91 Å². The maximum atomic E-state index is 12.5. The first kappa shape index (κ1) is 32.4. The number of H-pyrrole nitrogens is 1. The van der Waals surface area contributed by atoms with Crippen molar-refractivity contribution in [3.8, 4) is 5.75 Å². The Balaban J connectivity index is 0.000000464. The van der Waals surface area contributed by atoms with Gasteiger partial charge in [-0.15, -0.1) is 0 Å². The molecule has 0 fully saturated rings. The molecule has 4 rings (SSSR count). The van der Waals surface area contributed by atoms with E-state index in [1.807, 2.05) is 40.0 Å². The molecule has 9 heteroatoms. The molecule has 38 heavy (non-hydrogen) atoms. The monoisotopic (exact) mass is 530 g/mol. The number of nitrogens with zero attached hydrogens (tertiary/aromatic N) is 1. The SMILES string of the molecule is CC.CC.COc1ccccc1F.O=C(O)CCNC(=O)c1cc(CCC2=NC3=C(CCCN3)CC2)c[nH]1. The van der Waals surface area contributed by atoms with E-state index < -0.39 is 5.97 Å². The molecule has 1 aromatic heterocycles. The van der Waals surface area contributed by atoms with Gasteiger partial charge in [0.1, 0.15) is 11.5 Å². The molecule has 0 saturated heterocycles. The molecule has 1 amide bonds. The van der Waals surface area contributed by atoms with E-state index in [9.17, 15) is 14.0 Å². The number of benzene rings is 1. The second-order valence-corrected chi connectivity index (χ2v) is 8.12. The van der Waals surface area contributed by atoms with Crippen LogP contribution in [0.4, 0.5) is 4.39 Å². The number of carboxylic acids is 1. The molecule has 3 heterocycles. The topological polar surface area (TPSA) is 116 Å². The third kappa shape index (κ3) is 11.2. The smallest absolute Gasteiger partial charge is 0.305 e. The van der Waals surface area contributed by atoms with Crippen molar-refractivity contribution in [3.05, 3.63) is 65.0 Å². The van der Waals surface area contributed by atoms with Crippen molar-refractivity contribution in [3.63, 3.8) is 0 Å². The highest BCUT2D eigenvalue weighted by atomic mass is 19.1. The van der Waals surface area contributed by atoms with Crippen molar-refractivity contribution in [2.45, 2.75) is 72.6 Å². The summed E-state index contributed by atoms with van der Waals surface area (Å²) in [5.74, 6) is -0.146. The molecule has 0 saturated carbocycles. The highest BCUT2D eigenvalue weighted by Gasteiger charge is 2.18. The average molecular weight is 531 g/mol. The van der Waals surface area contributed by atoms with Crippen LogP contribution in [0.5, 0.6) is 5.75 Å². The first-order valence-corrected chi connectivity index (χ1v) is 13.4. The average Bonchev–Trinajstić information content (AvgIpc) is 3.44. The Morgan fingerprint density at radius 3 is 2.50 bits per heavy atom. The molecule has 0 aliphatic carbocycles. The van der Waals surface area contributed by atoms with Crippen LogP contribution in [-0.2, 0) is 11.2 Å². The first-order valence-electron chi connectivity index (χ1n) is 13.4.